The van der Waals surface area contributed by atoms with Crippen LogP contribution < -0.4 is 5.32 Å². The van der Waals surface area contributed by atoms with Crippen LogP contribution in [0.1, 0.15) is 28.8 Å². The molecule has 5 nitrogen and oxygen atoms in total. The molecule has 1 aliphatic carbocycles. The summed E-state index contributed by atoms with van der Waals surface area (Å²) >= 11 is 4.74. The molecule has 0 spiro atoms. The SMILES string of the molecule is O=C(CSCc1nc2ccccc2s1)Nc1nnc(C2CC2)s1. The number of fused-ring (bicyclic) bond motifs is 1. The van der Waals surface area contributed by atoms with Crippen molar-refractivity contribution in [3.63, 3.8) is 0 Å². The number of nitrogens with one attached hydrogen (secondary N) is 1. The number of thiazole rings is 1. The Balaban J connectivity index is 1.27. The number of hydrogen-bond acceptors (Lipinski definition) is 7. The average Bonchev–Trinajstić information content (AvgIpc) is 3.15. The molecule has 1 aliphatic rings. The van der Waals surface area contributed by atoms with E-state index in [9.17, 15) is 4.79 Å². The van der Waals surface area contributed by atoms with E-state index >= 15 is 0 Å². The van der Waals surface area contributed by atoms with E-state index in [1.165, 1.54) is 28.9 Å². The Bertz CT molecular complexity index is 807. The predicted molar refractivity (Wildman–Crippen MR) is 96.3 cm³/mol. The molecule has 118 valence electrons. The van der Waals surface area contributed by atoms with Crippen molar-refractivity contribution in [2.45, 2.75) is 24.5 Å². The molecule has 2 aromatic heterocycles. The van der Waals surface area contributed by atoms with Crippen molar-refractivity contribution in [2.75, 3.05) is 11.1 Å². The Hall–Kier alpha value is -1.51. The van der Waals surface area contributed by atoms with Gasteiger partial charge in [-0.1, -0.05) is 23.5 Å². The minimum atomic E-state index is -0.0328. The van der Waals surface area contributed by atoms with Gasteiger partial charge in [0.1, 0.15) is 10.0 Å². The van der Waals surface area contributed by atoms with E-state index in [1.807, 2.05) is 18.2 Å². The highest BCUT2D eigenvalue weighted by molar-refractivity contribution is 7.99. The molecular weight excluding hydrogens is 348 g/mol. The third kappa shape index (κ3) is 3.70. The summed E-state index contributed by atoms with van der Waals surface area (Å²) in [5.74, 6) is 1.69. The van der Waals surface area contributed by atoms with E-state index in [-0.39, 0.29) is 5.91 Å². The highest BCUT2D eigenvalue weighted by atomic mass is 32.2. The van der Waals surface area contributed by atoms with Crippen LogP contribution >= 0.6 is 34.4 Å². The summed E-state index contributed by atoms with van der Waals surface area (Å²) in [4.78, 5) is 16.5. The lowest BCUT2D eigenvalue weighted by molar-refractivity contribution is -0.113. The average molecular weight is 363 g/mol. The van der Waals surface area contributed by atoms with Crippen LogP contribution in [0.4, 0.5) is 5.13 Å². The molecule has 2 heterocycles. The fourth-order valence-electron chi connectivity index (χ4n) is 2.15. The number of carbonyl (C=O) groups excluding carboxylic acids is 1. The van der Waals surface area contributed by atoms with Gasteiger partial charge in [-0.25, -0.2) is 4.98 Å². The number of thioether (sulfide) groups is 1. The number of anilines is 1. The summed E-state index contributed by atoms with van der Waals surface area (Å²) in [6.07, 6.45) is 2.39. The first-order valence-electron chi connectivity index (χ1n) is 7.33. The van der Waals surface area contributed by atoms with Gasteiger partial charge in [-0.05, 0) is 25.0 Å². The fourth-order valence-corrected chi connectivity index (χ4v) is 4.92. The van der Waals surface area contributed by atoms with Crippen LogP contribution in [0.25, 0.3) is 10.2 Å². The van der Waals surface area contributed by atoms with Gasteiger partial charge in [0.05, 0.1) is 16.0 Å². The van der Waals surface area contributed by atoms with Crippen LogP contribution in [-0.4, -0.2) is 26.8 Å². The van der Waals surface area contributed by atoms with Gasteiger partial charge in [0.2, 0.25) is 11.0 Å². The lowest BCUT2D eigenvalue weighted by atomic mass is 10.3. The summed E-state index contributed by atoms with van der Waals surface area (Å²) < 4.78 is 1.19. The second-order valence-corrected chi connectivity index (χ2v) is 8.45. The van der Waals surface area contributed by atoms with E-state index in [0.717, 1.165) is 21.3 Å². The molecule has 1 saturated carbocycles. The Morgan fingerprint density at radius 1 is 1.26 bits per heavy atom. The Morgan fingerprint density at radius 3 is 2.96 bits per heavy atom. The van der Waals surface area contributed by atoms with Gasteiger partial charge in [0.15, 0.2) is 0 Å². The molecule has 0 atom stereocenters. The van der Waals surface area contributed by atoms with Crippen molar-refractivity contribution in [2.24, 2.45) is 0 Å². The monoisotopic (exact) mass is 362 g/mol. The van der Waals surface area contributed by atoms with Crippen molar-refractivity contribution in [3.05, 3.63) is 34.3 Å². The molecule has 1 amide bonds. The zero-order chi connectivity index (χ0) is 15.6. The van der Waals surface area contributed by atoms with Crippen molar-refractivity contribution >= 4 is 55.7 Å². The number of nitrogens with zero attached hydrogens (tertiary/aromatic N) is 3. The molecule has 0 radical (unpaired) electrons. The summed E-state index contributed by atoms with van der Waals surface area (Å²) in [6, 6.07) is 8.09. The van der Waals surface area contributed by atoms with Gasteiger partial charge in [-0.15, -0.1) is 33.3 Å². The van der Waals surface area contributed by atoms with Crippen LogP contribution in [0, 0.1) is 0 Å². The maximum Gasteiger partial charge on any atom is 0.236 e. The molecule has 1 N–H and O–H groups in total. The summed E-state index contributed by atoms with van der Waals surface area (Å²) in [5, 5.41) is 13.7. The molecule has 0 bridgehead atoms. The quantitative estimate of drug-likeness (QED) is 0.720. The number of amides is 1. The normalized spacial score (nSPS) is 14.3. The molecule has 0 saturated heterocycles. The van der Waals surface area contributed by atoms with Crippen LogP contribution in [0.2, 0.25) is 0 Å². The van der Waals surface area contributed by atoms with Crippen LogP contribution in [0.3, 0.4) is 0 Å². The molecule has 0 unspecified atom stereocenters. The van der Waals surface area contributed by atoms with Gasteiger partial charge in [-0.3, -0.25) is 10.1 Å². The number of carbonyl (C=O) groups is 1. The molecule has 8 heteroatoms. The van der Waals surface area contributed by atoms with E-state index in [2.05, 4.69) is 26.6 Å². The minimum Gasteiger partial charge on any atom is -0.300 e. The Labute approximate surface area is 145 Å². The molecule has 1 aromatic carbocycles. The maximum absolute atomic E-state index is 12.0. The molecule has 3 aromatic rings. The van der Waals surface area contributed by atoms with Crippen molar-refractivity contribution < 1.29 is 4.79 Å². The van der Waals surface area contributed by atoms with Crippen LogP contribution in [0.15, 0.2) is 24.3 Å². The number of rotatable bonds is 6. The number of aromatic nitrogens is 3. The van der Waals surface area contributed by atoms with Gasteiger partial charge in [-0.2, -0.15) is 0 Å². The third-order valence-electron chi connectivity index (χ3n) is 3.41. The minimum absolute atomic E-state index is 0.0328. The van der Waals surface area contributed by atoms with E-state index in [0.29, 0.717) is 16.8 Å². The largest absolute Gasteiger partial charge is 0.300 e. The van der Waals surface area contributed by atoms with Gasteiger partial charge < -0.3 is 0 Å². The zero-order valence-corrected chi connectivity index (χ0v) is 14.6. The van der Waals surface area contributed by atoms with Crippen molar-refractivity contribution in [3.8, 4) is 0 Å². The zero-order valence-electron chi connectivity index (χ0n) is 12.2. The molecule has 4 rings (SSSR count). The first kappa shape index (κ1) is 15.0. The first-order valence-corrected chi connectivity index (χ1v) is 10.1. The summed E-state index contributed by atoms with van der Waals surface area (Å²) in [6.45, 7) is 0. The highest BCUT2D eigenvalue weighted by Gasteiger charge is 2.27. The van der Waals surface area contributed by atoms with Crippen LogP contribution in [-0.2, 0) is 10.5 Å². The topological polar surface area (TPSA) is 67.8 Å². The van der Waals surface area contributed by atoms with E-state index in [4.69, 9.17) is 0 Å². The van der Waals surface area contributed by atoms with Crippen molar-refractivity contribution in [1.29, 1.82) is 0 Å². The predicted octanol–water partition coefficient (Wildman–Crippen LogP) is 3.90. The standard InChI is InChI=1S/C15H14N4OS3/c20-12(17-15-19-18-14(23-15)9-5-6-9)7-21-8-13-16-10-3-1-2-4-11(10)22-13/h1-4,9H,5-8H2,(H,17,19,20). The summed E-state index contributed by atoms with van der Waals surface area (Å²) in [7, 11) is 0. The molecular formula is C15H14N4OS3. The highest BCUT2D eigenvalue weighted by Crippen LogP contribution is 2.42. The lowest BCUT2D eigenvalue weighted by Crippen LogP contribution is -2.13. The molecule has 1 fully saturated rings. The Kier molecular flexibility index (Phi) is 4.28. The van der Waals surface area contributed by atoms with Gasteiger partial charge in [0, 0.05) is 11.7 Å². The summed E-state index contributed by atoms with van der Waals surface area (Å²) in [5.41, 5.74) is 1.03. The third-order valence-corrected chi connectivity index (χ3v) is 6.57. The van der Waals surface area contributed by atoms with Crippen LogP contribution in [0.5, 0.6) is 0 Å². The maximum atomic E-state index is 12.0. The van der Waals surface area contributed by atoms with E-state index in [1.54, 1.807) is 23.1 Å². The smallest absolute Gasteiger partial charge is 0.236 e. The Morgan fingerprint density at radius 2 is 2.13 bits per heavy atom. The first-order chi connectivity index (χ1) is 11.3. The lowest BCUT2D eigenvalue weighted by Gasteiger charge is -1.99. The number of benzene rings is 1. The number of para-hydroxylation sites is 1. The molecule has 0 aliphatic heterocycles. The molecule has 23 heavy (non-hydrogen) atoms. The second kappa shape index (κ2) is 6.54. The fraction of sp³-hybridized carbons (Fsp3) is 0.333. The van der Waals surface area contributed by atoms with Gasteiger partial charge >= 0.3 is 0 Å². The number of hydrogen-bond donors (Lipinski definition) is 1. The van der Waals surface area contributed by atoms with Gasteiger partial charge in [0.25, 0.3) is 0 Å². The van der Waals surface area contributed by atoms with Crippen molar-refractivity contribution in [1.82, 2.24) is 15.2 Å². The van der Waals surface area contributed by atoms with E-state index < -0.39 is 0 Å². The second-order valence-electron chi connectivity index (χ2n) is 5.34.